The van der Waals surface area contributed by atoms with Crippen molar-refractivity contribution >= 4 is 39.2 Å². The molecule has 7 nitrogen and oxygen atoms in total. The molecule has 0 bridgehead atoms. The van der Waals surface area contributed by atoms with Gasteiger partial charge in [-0.1, -0.05) is 23.7 Å². The standard InChI is InChI=1S/C19H19ClN2O5S/c1-12-16(20)6-3-7-17(12)21-18(23)11-27-19(24)13-4-2-5-15(10-13)28(25,26)22-14-8-9-14/h2-7,10,14,22H,8-9,11H2,1H3,(H,21,23). The number of amides is 1. The average Bonchev–Trinajstić information content (AvgIpc) is 3.47. The second-order valence-corrected chi connectivity index (χ2v) is 8.58. The molecule has 2 aromatic carbocycles. The molecular formula is C19H19ClN2O5S. The molecule has 28 heavy (non-hydrogen) atoms. The van der Waals surface area contributed by atoms with Crippen molar-refractivity contribution in [3.05, 3.63) is 58.6 Å². The third-order valence-corrected chi connectivity index (χ3v) is 6.08. The summed E-state index contributed by atoms with van der Waals surface area (Å²) < 4.78 is 32.0. The van der Waals surface area contributed by atoms with E-state index in [2.05, 4.69) is 10.0 Å². The van der Waals surface area contributed by atoms with Crippen LogP contribution in [-0.4, -0.2) is 32.9 Å². The molecule has 0 atom stereocenters. The second-order valence-electron chi connectivity index (χ2n) is 6.46. The van der Waals surface area contributed by atoms with Crippen molar-refractivity contribution in [2.24, 2.45) is 0 Å². The molecule has 0 unspecified atom stereocenters. The Bertz CT molecular complexity index is 1020. The number of esters is 1. The largest absolute Gasteiger partial charge is 0.452 e. The fraction of sp³-hybridized carbons (Fsp3) is 0.263. The fourth-order valence-electron chi connectivity index (χ4n) is 2.42. The van der Waals surface area contributed by atoms with E-state index in [1.54, 1.807) is 25.1 Å². The number of carbonyl (C=O) groups excluding carboxylic acids is 2. The SMILES string of the molecule is Cc1c(Cl)cccc1NC(=O)COC(=O)c1cccc(S(=O)(=O)NC2CC2)c1. The molecule has 0 radical (unpaired) electrons. The third kappa shape index (κ3) is 5.09. The van der Waals surface area contributed by atoms with Gasteiger partial charge in [-0.05, 0) is 55.7 Å². The van der Waals surface area contributed by atoms with Crippen LogP contribution in [0, 0.1) is 6.92 Å². The number of ether oxygens (including phenoxy) is 1. The lowest BCUT2D eigenvalue weighted by Crippen LogP contribution is -2.26. The quantitative estimate of drug-likeness (QED) is 0.668. The van der Waals surface area contributed by atoms with Crippen molar-refractivity contribution in [1.29, 1.82) is 0 Å². The van der Waals surface area contributed by atoms with Crippen LogP contribution < -0.4 is 10.0 Å². The van der Waals surface area contributed by atoms with E-state index in [4.69, 9.17) is 16.3 Å². The van der Waals surface area contributed by atoms with Crippen LogP contribution in [0.5, 0.6) is 0 Å². The van der Waals surface area contributed by atoms with Crippen molar-refractivity contribution in [1.82, 2.24) is 4.72 Å². The summed E-state index contributed by atoms with van der Waals surface area (Å²) in [5.74, 6) is -1.32. The van der Waals surface area contributed by atoms with Crippen LogP contribution in [0.3, 0.4) is 0 Å². The number of carbonyl (C=O) groups is 2. The predicted molar refractivity (Wildman–Crippen MR) is 105 cm³/mol. The van der Waals surface area contributed by atoms with Crippen LogP contribution in [-0.2, 0) is 19.6 Å². The number of nitrogens with one attached hydrogen (secondary N) is 2. The summed E-state index contributed by atoms with van der Waals surface area (Å²) in [6.45, 7) is 1.24. The number of hydrogen-bond acceptors (Lipinski definition) is 5. The zero-order valence-corrected chi connectivity index (χ0v) is 16.6. The highest BCUT2D eigenvalue weighted by molar-refractivity contribution is 7.89. The van der Waals surface area contributed by atoms with Crippen molar-refractivity contribution in [2.45, 2.75) is 30.7 Å². The Morgan fingerprint density at radius 3 is 2.61 bits per heavy atom. The predicted octanol–water partition coefficient (Wildman–Crippen LogP) is 2.88. The summed E-state index contributed by atoms with van der Waals surface area (Å²) in [6, 6.07) is 10.5. The monoisotopic (exact) mass is 422 g/mol. The fourth-order valence-corrected chi connectivity index (χ4v) is 3.95. The van der Waals surface area contributed by atoms with Gasteiger partial charge in [0.1, 0.15) is 0 Å². The molecule has 1 aliphatic carbocycles. The zero-order chi connectivity index (χ0) is 20.3. The minimum Gasteiger partial charge on any atom is -0.452 e. The molecule has 1 fully saturated rings. The van der Waals surface area contributed by atoms with Gasteiger partial charge in [0.05, 0.1) is 10.5 Å². The van der Waals surface area contributed by atoms with Gasteiger partial charge in [0.2, 0.25) is 10.0 Å². The van der Waals surface area contributed by atoms with E-state index < -0.39 is 28.5 Å². The van der Waals surface area contributed by atoms with Gasteiger partial charge in [0, 0.05) is 16.8 Å². The van der Waals surface area contributed by atoms with E-state index >= 15 is 0 Å². The molecule has 2 N–H and O–H groups in total. The highest BCUT2D eigenvalue weighted by Gasteiger charge is 2.28. The number of halogens is 1. The maximum Gasteiger partial charge on any atom is 0.338 e. The number of benzene rings is 2. The molecule has 0 saturated heterocycles. The third-order valence-electron chi connectivity index (χ3n) is 4.16. The Hall–Kier alpha value is -2.42. The van der Waals surface area contributed by atoms with Gasteiger partial charge < -0.3 is 10.1 Å². The lowest BCUT2D eigenvalue weighted by molar-refractivity contribution is -0.119. The van der Waals surface area contributed by atoms with Crippen LogP contribution in [0.25, 0.3) is 0 Å². The number of hydrogen-bond donors (Lipinski definition) is 2. The average molecular weight is 423 g/mol. The Labute approximate surface area is 168 Å². The molecule has 1 aliphatic rings. The maximum atomic E-state index is 12.2. The van der Waals surface area contributed by atoms with Gasteiger partial charge in [-0.25, -0.2) is 17.9 Å². The number of anilines is 1. The first kappa shape index (κ1) is 20.3. The van der Waals surface area contributed by atoms with Gasteiger partial charge in [-0.2, -0.15) is 0 Å². The van der Waals surface area contributed by atoms with Crippen molar-refractivity contribution in [3.63, 3.8) is 0 Å². The Morgan fingerprint density at radius 1 is 1.18 bits per heavy atom. The summed E-state index contributed by atoms with van der Waals surface area (Å²) in [5.41, 5.74) is 1.27. The second kappa shape index (κ2) is 8.30. The molecule has 0 heterocycles. The van der Waals surface area contributed by atoms with Crippen LogP contribution in [0.4, 0.5) is 5.69 Å². The zero-order valence-electron chi connectivity index (χ0n) is 15.1. The molecular weight excluding hydrogens is 404 g/mol. The van der Waals surface area contributed by atoms with Crippen molar-refractivity contribution in [3.8, 4) is 0 Å². The van der Waals surface area contributed by atoms with Gasteiger partial charge in [0.15, 0.2) is 6.61 Å². The summed E-state index contributed by atoms with van der Waals surface area (Å²) in [5, 5.41) is 3.12. The van der Waals surface area contributed by atoms with Crippen molar-refractivity contribution < 1.29 is 22.7 Å². The molecule has 148 valence electrons. The first-order valence-electron chi connectivity index (χ1n) is 8.61. The van der Waals surface area contributed by atoms with Gasteiger partial charge in [0.25, 0.3) is 5.91 Å². The molecule has 2 aromatic rings. The molecule has 1 saturated carbocycles. The van der Waals surface area contributed by atoms with Crippen molar-refractivity contribution in [2.75, 3.05) is 11.9 Å². The molecule has 3 rings (SSSR count). The lowest BCUT2D eigenvalue weighted by atomic mass is 10.2. The summed E-state index contributed by atoms with van der Waals surface area (Å²) >= 11 is 6.00. The topological polar surface area (TPSA) is 102 Å². The van der Waals surface area contributed by atoms with E-state index in [-0.39, 0.29) is 16.5 Å². The maximum absolute atomic E-state index is 12.2. The van der Waals surface area contributed by atoms with Crippen LogP contribution >= 0.6 is 11.6 Å². The Morgan fingerprint density at radius 2 is 1.89 bits per heavy atom. The lowest BCUT2D eigenvalue weighted by Gasteiger charge is -2.10. The first-order valence-corrected chi connectivity index (χ1v) is 10.5. The highest BCUT2D eigenvalue weighted by atomic mass is 35.5. The van der Waals surface area contributed by atoms with Gasteiger partial charge in [-0.3, -0.25) is 4.79 Å². The van der Waals surface area contributed by atoms with Crippen LogP contribution in [0.15, 0.2) is 47.4 Å². The number of sulfonamides is 1. The highest BCUT2D eigenvalue weighted by Crippen LogP contribution is 2.23. The number of rotatable bonds is 7. The normalized spacial score (nSPS) is 13.8. The summed E-state index contributed by atoms with van der Waals surface area (Å²) in [7, 11) is -3.68. The summed E-state index contributed by atoms with van der Waals surface area (Å²) in [6.07, 6.45) is 1.62. The van der Waals surface area contributed by atoms with Crippen LogP contribution in [0.1, 0.15) is 28.8 Å². The smallest absolute Gasteiger partial charge is 0.338 e. The van der Waals surface area contributed by atoms with E-state index in [9.17, 15) is 18.0 Å². The minimum absolute atomic E-state index is 0.0205. The van der Waals surface area contributed by atoms with E-state index in [0.717, 1.165) is 12.8 Å². The summed E-state index contributed by atoms with van der Waals surface area (Å²) in [4.78, 5) is 24.2. The first-order chi connectivity index (χ1) is 13.3. The molecule has 0 aromatic heterocycles. The molecule has 0 aliphatic heterocycles. The van der Waals surface area contributed by atoms with Gasteiger partial charge >= 0.3 is 5.97 Å². The molecule has 1 amide bonds. The van der Waals surface area contributed by atoms with Crippen LogP contribution in [0.2, 0.25) is 5.02 Å². The molecule has 0 spiro atoms. The van der Waals surface area contributed by atoms with E-state index in [1.807, 2.05) is 0 Å². The van der Waals surface area contributed by atoms with E-state index in [1.165, 1.54) is 24.3 Å². The van der Waals surface area contributed by atoms with Gasteiger partial charge in [-0.15, -0.1) is 0 Å². The molecule has 9 heteroatoms. The van der Waals surface area contributed by atoms with E-state index in [0.29, 0.717) is 16.3 Å². The minimum atomic E-state index is -3.68. The Balaban J connectivity index is 1.61. The Kier molecular flexibility index (Phi) is 6.02.